The van der Waals surface area contributed by atoms with Crippen molar-refractivity contribution in [2.45, 2.75) is 33.4 Å². The van der Waals surface area contributed by atoms with Crippen LogP contribution in [0.15, 0.2) is 39.9 Å². The summed E-state index contributed by atoms with van der Waals surface area (Å²) in [5.74, 6) is 2.50. The number of fused-ring (bicyclic) bond motifs is 1. The van der Waals surface area contributed by atoms with Crippen molar-refractivity contribution in [1.82, 2.24) is 18.7 Å². The van der Waals surface area contributed by atoms with Gasteiger partial charge in [-0.15, -0.1) is 0 Å². The number of imidazole rings is 1. The number of hydrogen-bond acceptors (Lipinski definition) is 4. The lowest BCUT2D eigenvalue weighted by Gasteiger charge is -2.11. The van der Waals surface area contributed by atoms with Crippen molar-refractivity contribution in [3.8, 4) is 11.4 Å². The maximum Gasteiger partial charge on any atom is 0.332 e. The molecule has 2 aromatic heterocycles. The van der Waals surface area contributed by atoms with E-state index < -0.39 is 0 Å². The van der Waals surface area contributed by atoms with Gasteiger partial charge in [0.05, 0.1) is 0 Å². The van der Waals surface area contributed by atoms with Crippen molar-refractivity contribution in [3.05, 3.63) is 51.2 Å². The van der Waals surface area contributed by atoms with Gasteiger partial charge in [0.1, 0.15) is 5.82 Å². The Labute approximate surface area is 156 Å². The number of aryl methyl sites for hydroxylation is 2. The first kappa shape index (κ1) is 18.5. The molecule has 1 aromatic carbocycles. The molecule has 0 aliphatic rings. The lowest BCUT2D eigenvalue weighted by Crippen LogP contribution is -2.40. The molecule has 3 rings (SSSR count). The average Bonchev–Trinajstić information content (AvgIpc) is 2.99. The number of aromatic nitrogens is 4. The van der Waals surface area contributed by atoms with Gasteiger partial charge in [0, 0.05) is 31.5 Å². The van der Waals surface area contributed by atoms with Crippen molar-refractivity contribution in [2.24, 2.45) is 7.05 Å². The molecule has 6 nitrogen and oxygen atoms in total. The van der Waals surface area contributed by atoms with Gasteiger partial charge in [-0.3, -0.25) is 13.9 Å². The number of thioether (sulfide) groups is 1. The Morgan fingerprint density at radius 1 is 1.04 bits per heavy atom. The van der Waals surface area contributed by atoms with Crippen LogP contribution in [0, 0.1) is 0 Å². The Morgan fingerprint density at radius 2 is 1.77 bits per heavy atom. The van der Waals surface area contributed by atoms with Crippen molar-refractivity contribution >= 4 is 22.9 Å². The Kier molecular flexibility index (Phi) is 5.66. The first-order valence-corrected chi connectivity index (χ1v) is 10.1. The Morgan fingerprint density at radius 3 is 2.42 bits per heavy atom. The average molecular weight is 372 g/mol. The third-order valence-electron chi connectivity index (χ3n) is 4.38. The molecule has 0 atom stereocenters. The molecule has 3 aromatic rings. The van der Waals surface area contributed by atoms with Gasteiger partial charge < -0.3 is 4.57 Å². The highest BCUT2D eigenvalue weighted by Gasteiger charge is 2.20. The van der Waals surface area contributed by atoms with Crippen LogP contribution in [0.1, 0.15) is 20.3 Å². The van der Waals surface area contributed by atoms with Gasteiger partial charge in [-0.05, 0) is 12.2 Å². The maximum absolute atomic E-state index is 13.0. The van der Waals surface area contributed by atoms with Crippen LogP contribution >= 0.6 is 11.8 Å². The number of hydrogen-bond donors (Lipinski definition) is 0. The minimum atomic E-state index is -0.265. The summed E-state index contributed by atoms with van der Waals surface area (Å²) in [4.78, 5) is 30.6. The van der Waals surface area contributed by atoms with E-state index in [2.05, 4.69) is 11.9 Å². The summed E-state index contributed by atoms with van der Waals surface area (Å²) in [5, 5.41) is 0. The van der Waals surface area contributed by atoms with Gasteiger partial charge >= 0.3 is 5.69 Å². The SMILES string of the molecule is CCCn1c(=O)c2c(nc(-c3ccccc3)n2C)n(CCSCC)c1=O. The third-order valence-corrected chi connectivity index (χ3v) is 5.26. The van der Waals surface area contributed by atoms with E-state index in [0.717, 1.165) is 23.5 Å². The highest BCUT2D eigenvalue weighted by Crippen LogP contribution is 2.21. The second kappa shape index (κ2) is 7.95. The van der Waals surface area contributed by atoms with Crippen LogP contribution in [-0.4, -0.2) is 30.2 Å². The molecule has 0 bridgehead atoms. The molecular weight excluding hydrogens is 348 g/mol. The Bertz CT molecular complexity index is 1020. The van der Waals surface area contributed by atoms with Crippen LogP contribution in [0.25, 0.3) is 22.6 Å². The number of benzene rings is 1. The molecule has 26 heavy (non-hydrogen) atoms. The minimum Gasteiger partial charge on any atom is -0.321 e. The lowest BCUT2D eigenvalue weighted by molar-refractivity contribution is 0.573. The molecule has 0 saturated heterocycles. The van der Waals surface area contributed by atoms with Gasteiger partial charge in [0.15, 0.2) is 11.2 Å². The molecule has 2 heterocycles. The molecule has 0 aliphatic carbocycles. The second-order valence-corrected chi connectivity index (χ2v) is 7.51. The molecule has 7 heteroatoms. The lowest BCUT2D eigenvalue weighted by atomic mass is 10.2. The van der Waals surface area contributed by atoms with Crippen molar-refractivity contribution in [1.29, 1.82) is 0 Å². The van der Waals surface area contributed by atoms with E-state index >= 15 is 0 Å². The number of nitrogens with zero attached hydrogens (tertiary/aromatic N) is 4. The summed E-state index contributed by atoms with van der Waals surface area (Å²) in [5.41, 5.74) is 1.36. The van der Waals surface area contributed by atoms with Crippen LogP contribution in [0.4, 0.5) is 0 Å². The summed E-state index contributed by atoms with van der Waals surface area (Å²) in [6.45, 7) is 5.02. The minimum absolute atomic E-state index is 0.261. The predicted octanol–water partition coefficient (Wildman–Crippen LogP) is 2.73. The molecule has 0 saturated carbocycles. The van der Waals surface area contributed by atoms with Crippen LogP contribution in [0.5, 0.6) is 0 Å². The van der Waals surface area contributed by atoms with Crippen LogP contribution in [-0.2, 0) is 20.1 Å². The van der Waals surface area contributed by atoms with Gasteiger partial charge in [0.2, 0.25) is 0 Å². The standard InChI is InChI=1S/C19H24N4O2S/c1-4-11-23-18(24)15-17(22(19(23)25)12-13-26-5-2)20-16(21(15)3)14-9-7-6-8-10-14/h6-10H,4-5,11-13H2,1-3H3. The Balaban J connectivity index is 2.29. The van der Waals surface area contributed by atoms with E-state index in [0.29, 0.717) is 30.1 Å². The van der Waals surface area contributed by atoms with E-state index in [1.165, 1.54) is 4.57 Å². The zero-order valence-electron chi connectivity index (χ0n) is 15.4. The van der Waals surface area contributed by atoms with E-state index in [-0.39, 0.29) is 11.2 Å². The Hall–Kier alpha value is -2.28. The van der Waals surface area contributed by atoms with Gasteiger partial charge in [-0.1, -0.05) is 44.2 Å². The summed E-state index contributed by atoms with van der Waals surface area (Å²) < 4.78 is 4.80. The quantitative estimate of drug-likeness (QED) is 0.598. The fourth-order valence-electron chi connectivity index (χ4n) is 3.13. The zero-order chi connectivity index (χ0) is 18.7. The smallest absolute Gasteiger partial charge is 0.321 e. The fourth-order valence-corrected chi connectivity index (χ4v) is 3.73. The largest absolute Gasteiger partial charge is 0.332 e. The van der Waals surface area contributed by atoms with Gasteiger partial charge in [-0.25, -0.2) is 9.78 Å². The molecule has 0 amide bonds. The second-order valence-electron chi connectivity index (χ2n) is 6.12. The predicted molar refractivity (Wildman–Crippen MR) is 108 cm³/mol. The highest BCUT2D eigenvalue weighted by atomic mass is 32.2. The van der Waals surface area contributed by atoms with Crippen LogP contribution < -0.4 is 11.2 Å². The van der Waals surface area contributed by atoms with E-state index in [1.807, 2.05) is 48.9 Å². The zero-order valence-corrected chi connectivity index (χ0v) is 16.3. The highest BCUT2D eigenvalue weighted by molar-refractivity contribution is 7.99. The summed E-state index contributed by atoms with van der Waals surface area (Å²) in [7, 11) is 1.84. The molecule has 0 fully saturated rings. The third kappa shape index (κ3) is 3.23. The van der Waals surface area contributed by atoms with Gasteiger partial charge in [-0.2, -0.15) is 11.8 Å². The summed E-state index contributed by atoms with van der Waals surface area (Å²) in [6, 6.07) is 9.74. The van der Waals surface area contributed by atoms with Crippen molar-refractivity contribution in [3.63, 3.8) is 0 Å². The molecular formula is C19H24N4O2S. The normalized spacial score (nSPS) is 11.3. The molecule has 0 unspecified atom stereocenters. The van der Waals surface area contributed by atoms with Gasteiger partial charge in [0.25, 0.3) is 5.56 Å². The monoisotopic (exact) mass is 372 g/mol. The first-order chi connectivity index (χ1) is 12.6. The van der Waals surface area contributed by atoms with E-state index in [9.17, 15) is 9.59 Å². The van der Waals surface area contributed by atoms with E-state index in [1.54, 1.807) is 16.3 Å². The van der Waals surface area contributed by atoms with Crippen LogP contribution in [0.3, 0.4) is 0 Å². The molecule has 138 valence electrons. The maximum atomic E-state index is 13.0. The van der Waals surface area contributed by atoms with Crippen LogP contribution in [0.2, 0.25) is 0 Å². The number of rotatable bonds is 7. The summed E-state index contributed by atoms with van der Waals surface area (Å²) in [6.07, 6.45) is 0.730. The van der Waals surface area contributed by atoms with Crippen molar-refractivity contribution < 1.29 is 0 Å². The molecule has 0 aliphatic heterocycles. The summed E-state index contributed by atoms with van der Waals surface area (Å²) >= 11 is 1.77. The van der Waals surface area contributed by atoms with Crippen molar-refractivity contribution in [2.75, 3.05) is 11.5 Å². The first-order valence-electron chi connectivity index (χ1n) is 8.93. The molecule has 0 radical (unpaired) electrons. The molecule has 0 spiro atoms. The molecule has 0 N–H and O–H groups in total. The topological polar surface area (TPSA) is 61.8 Å². The van der Waals surface area contributed by atoms with E-state index in [4.69, 9.17) is 0 Å². The fraction of sp³-hybridized carbons (Fsp3) is 0.421.